The molecule has 0 aromatic carbocycles. The van der Waals surface area contributed by atoms with E-state index >= 15 is 0 Å². The number of rotatable bonds is 82. The lowest BCUT2D eigenvalue weighted by atomic mass is 9.99. The number of aliphatic hydroxyl groups excluding tert-OH is 1. The fraction of sp³-hybridized carbons (Fsp3) is 0.952. The van der Waals surface area contributed by atoms with E-state index in [4.69, 9.17) is 37.0 Å². The molecule has 0 radical (unpaired) electrons. The SMILES string of the molecule is CCCCCCCCCCCCCC(=O)O[C@H](COC(=O)CCCCCCCCC)COP(=O)(O)OC[C@H](O)COP(=O)(O)OC[C@@H](COC(=O)CCCCCCCCCCCCCCCCCCCCC(C)CC)OC(=O)CCCCCCCCCCCCCCCCCCCCC(C)CC. The van der Waals surface area contributed by atoms with Crippen molar-refractivity contribution in [3.63, 3.8) is 0 Å². The lowest BCUT2D eigenvalue weighted by Gasteiger charge is -2.21. The van der Waals surface area contributed by atoms with E-state index < -0.39 is 97.5 Å². The standard InChI is InChI=1S/C83H162O17P2/c1-7-11-13-15-17-18-35-43-49-55-61-67-82(87)99-78(71-93-80(85)65-59-53-45-16-14-12-8-2)73-97-101(89,90)95-69-77(84)70-96-102(91,92)98-74-79(100-83(88)68-62-56-50-44-39-34-30-26-22-20-24-28-32-37-41-47-52-58-64-76(6)10-4)72-94-81(86)66-60-54-48-42-38-33-29-25-21-19-23-27-31-36-40-46-51-57-63-75(5)9-3/h75-79,84H,7-74H2,1-6H3,(H,89,90)(H,91,92)/t75?,76?,77-,78+,79+/m0/s1. The van der Waals surface area contributed by atoms with Crippen LogP contribution in [0.2, 0.25) is 0 Å². The van der Waals surface area contributed by atoms with Gasteiger partial charge in [0.1, 0.15) is 19.3 Å². The van der Waals surface area contributed by atoms with Crippen LogP contribution >= 0.6 is 15.6 Å². The van der Waals surface area contributed by atoms with E-state index in [9.17, 15) is 43.2 Å². The van der Waals surface area contributed by atoms with Crippen molar-refractivity contribution in [3.8, 4) is 0 Å². The van der Waals surface area contributed by atoms with Crippen LogP contribution in [-0.4, -0.2) is 96.7 Å². The number of hydrogen-bond acceptors (Lipinski definition) is 15. The van der Waals surface area contributed by atoms with Crippen LogP contribution in [0.3, 0.4) is 0 Å². The highest BCUT2D eigenvalue weighted by molar-refractivity contribution is 7.47. The predicted molar refractivity (Wildman–Crippen MR) is 418 cm³/mol. The third-order valence-corrected chi connectivity index (χ3v) is 22.1. The average Bonchev–Trinajstić information content (AvgIpc) is 0.923. The van der Waals surface area contributed by atoms with Crippen molar-refractivity contribution in [2.75, 3.05) is 39.6 Å². The van der Waals surface area contributed by atoms with Gasteiger partial charge in [-0.3, -0.25) is 37.3 Å². The molecule has 4 unspecified atom stereocenters. The van der Waals surface area contributed by atoms with Gasteiger partial charge in [-0.1, -0.05) is 388 Å². The molecule has 17 nitrogen and oxygen atoms in total. The zero-order chi connectivity index (χ0) is 74.9. The molecule has 606 valence electrons. The summed E-state index contributed by atoms with van der Waals surface area (Å²) < 4.78 is 68.6. The second kappa shape index (κ2) is 74.5. The van der Waals surface area contributed by atoms with Crippen LogP contribution in [-0.2, 0) is 65.4 Å². The third-order valence-electron chi connectivity index (χ3n) is 20.2. The number of carbonyl (C=O) groups is 4. The Kier molecular flexibility index (Phi) is 73.1. The summed E-state index contributed by atoms with van der Waals surface area (Å²) in [6.07, 6.45) is 65.5. The van der Waals surface area contributed by atoms with Gasteiger partial charge in [0.05, 0.1) is 26.4 Å². The minimum atomic E-state index is -4.96. The molecule has 0 aliphatic carbocycles. The largest absolute Gasteiger partial charge is 0.472 e. The molecule has 7 atom stereocenters. The Morgan fingerprint density at radius 1 is 0.275 bits per heavy atom. The van der Waals surface area contributed by atoms with E-state index in [2.05, 4.69) is 41.5 Å². The minimum absolute atomic E-state index is 0.107. The van der Waals surface area contributed by atoms with E-state index in [1.807, 2.05) is 0 Å². The first kappa shape index (κ1) is 100. The molecular weight excluding hydrogens is 1330 g/mol. The molecule has 3 N–H and O–H groups in total. The number of phosphoric acid groups is 2. The molecule has 0 aromatic rings. The van der Waals surface area contributed by atoms with Crippen LogP contribution in [0.1, 0.15) is 440 Å². The Hall–Kier alpha value is -1.94. The fourth-order valence-electron chi connectivity index (χ4n) is 12.8. The molecule has 0 fully saturated rings. The van der Waals surface area contributed by atoms with E-state index in [0.717, 1.165) is 115 Å². The molecule has 0 amide bonds. The van der Waals surface area contributed by atoms with Crippen molar-refractivity contribution in [3.05, 3.63) is 0 Å². The molecule has 19 heteroatoms. The smallest absolute Gasteiger partial charge is 0.462 e. The third kappa shape index (κ3) is 73.6. The Morgan fingerprint density at radius 3 is 0.696 bits per heavy atom. The highest BCUT2D eigenvalue weighted by Crippen LogP contribution is 2.45. The second-order valence-corrected chi connectivity index (χ2v) is 33.3. The van der Waals surface area contributed by atoms with Gasteiger partial charge >= 0.3 is 39.5 Å². The first-order chi connectivity index (χ1) is 49.4. The van der Waals surface area contributed by atoms with Crippen molar-refractivity contribution >= 4 is 39.5 Å². The Bertz CT molecular complexity index is 1960. The van der Waals surface area contributed by atoms with Gasteiger partial charge in [0.15, 0.2) is 12.2 Å². The van der Waals surface area contributed by atoms with Crippen LogP contribution in [0.4, 0.5) is 0 Å². The Labute approximate surface area is 626 Å². The highest BCUT2D eigenvalue weighted by Gasteiger charge is 2.30. The van der Waals surface area contributed by atoms with E-state index in [0.29, 0.717) is 25.7 Å². The summed E-state index contributed by atoms with van der Waals surface area (Å²) >= 11 is 0. The van der Waals surface area contributed by atoms with Crippen molar-refractivity contribution in [2.45, 2.75) is 458 Å². The maximum Gasteiger partial charge on any atom is 0.472 e. The van der Waals surface area contributed by atoms with E-state index in [-0.39, 0.29) is 25.7 Å². The first-order valence-electron chi connectivity index (χ1n) is 43.1. The Morgan fingerprint density at radius 2 is 0.471 bits per heavy atom. The zero-order valence-electron chi connectivity index (χ0n) is 66.9. The van der Waals surface area contributed by atoms with Crippen LogP contribution in [0.25, 0.3) is 0 Å². The minimum Gasteiger partial charge on any atom is -0.462 e. The second-order valence-electron chi connectivity index (χ2n) is 30.4. The van der Waals surface area contributed by atoms with Crippen LogP contribution in [0.5, 0.6) is 0 Å². The van der Waals surface area contributed by atoms with Crippen molar-refractivity contribution in [2.24, 2.45) is 11.8 Å². The lowest BCUT2D eigenvalue weighted by Crippen LogP contribution is -2.30. The molecule has 0 bridgehead atoms. The number of esters is 4. The fourth-order valence-corrected chi connectivity index (χ4v) is 14.4. The van der Waals surface area contributed by atoms with Crippen LogP contribution < -0.4 is 0 Å². The maximum absolute atomic E-state index is 13.1. The molecule has 0 aliphatic rings. The number of aliphatic hydroxyl groups is 1. The molecule has 102 heavy (non-hydrogen) atoms. The molecule has 0 aromatic heterocycles. The summed E-state index contributed by atoms with van der Waals surface area (Å²) in [7, 11) is -9.91. The number of unbranched alkanes of at least 4 members (excludes halogenated alkanes) is 50. The van der Waals surface area contributed by atoms with Crippen LogP contribution in [0, 0.1) is 11.8 Å². The molecule has 0 saturated heterocycles. The van der Waals surface area contributed by atoms with Crippen LogP contribution in [0.15, 0.2) is 0 Å². The van der Waals surface area contributed by atoms with Crippen molar-refractivity contribution in [1.82, 2.24) is 0 Å². The highest BCUT2D eigenvalue weighted by atomic mass is 31.2. The first-order valence-corrected chi connectivity index (χ1v) is 46.1. The predicted octanol–water partition coefficient (Wildman–Crippen LogP) is 25.1. The maximum atomic E-state index is 13.1. The summed E-state index contributed by atoms with van der Waals surface area (Å²) in [6.45, 7) is 9.73. The molecule has 0 saturated carbocycles. The summed E-state index contributed by atoms with van der Waals surface area (Å²) in [5.74, 6) is -0.367. The molecule has 0 rings (SSSR count). The van der Waals surface area contributed by atoms with Gasteiger partial charge in [-0.2, -0.15) is 0 Å². The van der Waals surface area contributed by atoms with E-state index in [1.54, 1.807) is 0 Å². The summed E-state index contributed by atoms with van der Waals surface area (Å²) in [5.41, 5.74) is 0. The summed E-state index contributed by atoms with van der Waals surface area (Å²) in [4.78, 5) is 72.8. The number of phosphoric ester groups is 2. The van der Waals surface area contributed by atoms with Gasteiger partial charge in [-0.25, -0.2) is 9.13 Å². The normalized spacial score (nSPS) is 14.4. The van der Waals surface area contributed by atoms with Gasteiger partial charge in [-0.05, 0) is 37.5 Å². The van der Waals surface area contributed by atoms with Crippen molar-refractivity contribution < 1.29 is 80.2 Å². The van der Waals surface area contributed by atoms with Gasteiger partial charge in [0.2, 0.25) is 0 Å². The quantitative estimate of drug-likeness (QED) is 0.0222. The summed E-state index contributed by atoms with van der Waals surface area (Å²) in [6, 6.07) is 0. The van der Waals surface area contributed by atoms with Gasteiger partial charge < -0.3 is 33.8 Å². The van der Waals surface area contributed by atoms with Gasteiger partial charge in [0.25, 0.3) is 0 Å². The lowest BCUT2D eigenvalue weighted by molar-refractivity contribution is -0.161. The molecule has 0 aliphatic heterocycles. The summed E-state index contributed by atoms with van der Waals surface area (Å²) in [5, 5.41) is 10.6. The molecule has 0 heterocycles. The number of ether oxygens (including phenoxy) is 4. The average molecular weight is 1490 g/mol. The van der Waals surface area contributed by atoms with Gasteiger partial charge in [-0.15, -0.1) is 0 Å². The molecule has 0 spiro atoms. The zero-order valence-corrected chi connectivity index (χ0v) is 68.7. The number of carbonyl (C=O) groups excluding carboxylic acids is 4. The monoisotopic (exact) mass is 1490 g/mol. The van der Waals surface area contributed by atoms with E-state index in [1.165, 1.54) is 244 Å². The number of hydrogen-bond donors (Lipinski definition) is 3. The Balaban J connectivity index is 5.13. The van der Waals surface area contributed by atoms with Crippen molar-refractivity contribution in [1.29, 1.82) is 0 Å². The topological polar surface area (TPSA) is 237 Å². The van der Waals surface area contributed by atoms with Gasteiger partial charge in [0, 0.05) is 25.7 Å². The molecular formula is C83H162O17P2.